The zero-order valence-corrected chi connectivity index (χ0v) is 17.7. The Morgan fingerprint density at radius 3 is 2.45 bits per heavy atom. The number of aromatic nitrogens is 3. The maximum absolute atomic E-state index is 15.1. The topological polar surface area (TPSA) is 100 Å². The van der Waals surface area contributed by atoms with E-state index < -0.39 is 28.9 Å². The summed E-state index contributed by atoms with van der Waals surface area (Å²) in [6, 6.07) is 4.17. The van der Waals surface area contributed by atoms with Crippen molar-refractivity contribution in [1.29, 1.82) is 0 Å². The number of aryl methyl sites for hydroxylation is 1. The molecule has 0 bridgehead atoms. The van der Waals surface area contributed by atoms with E-state index in [4.69, 9.17) is 4.74 Å². The van der Waals surface area contributed by atoms with Crippen LogP contribution in [0.3, 0.4) is 0 Å². The van der Waals surface area contributed by atoms with Crippen molar-refractivity contribution in [2.24, 2.45) is 0 Å². The minimum Gasteiger partial charge on any atom is -0.503 e. The van der Waals surface area contributed by atoms with Crippen LogP contribution in [0.2, 0.25) is 0 Å². The van der Waals surface area contributed by atoms with Crippen LogP contribution in [0.25, 0.3) is 11.0 Å². The Bertz CT molecular complexity index is 1130. The standard InChI is InChI=1S/C21H23F3N4O3/c1-10(12-7-6-8-14(16(12)22)21(23,24)20(3,4)30)25-17-13-9-15(29)19(31-5)28-18(13)27-11(2)26-17/h6-10,29-30H,1-5H3,(H,25,26,27,28)/t10-/m1/s1. The normalized spacial score (nSPS) is 13.3. The number of hydrogen-bond donors (Lipinski definition) is 3. The summed E-state index contributed by atoms with van der Waals surface area (Å²) in [6.07, 6.45) is 0. The summed E-state index contributed by atoms with van der Waals surface area (Å²) in [5.41, 5.74) is -3.17. The first-order valence-corrected chi connectivity index (χ1v) is 9.44. The Morgan fingerprint density at radius 2 is 1.84 bits per heavy atom. The van der Waals surface area contributed by atoms with Gasteiger partial charge in [-0.3, -0.25) is 0 Å². The predicted molar refractivity (Wildman–Crippen MR) is 109 cm³/mol. The number of aliphatic hydroxyl groups is 1. The lowest BCUT2D eigenvalue weighted by atomic mass is 9.91. The number of aromatic hydroxyl groups is 1. The van der Waals surface area contributed by atoms with E-state index in [-0.39, 0.29) is 28.7 Å². The molecule has 0 aliphatic heterocycles. The van der Waals surface area contributed by atoms with Gasteiger partial charge in [-0.25, -0.2) is 14.4 Å². The number of methoxy groups -OCH3 is 1. The highest BCUT2D eigenvalue weighted by Gasteiger charge is 2.49. The number of pyridine rings is 1. The third kappa shape index (κ3) is 4.07. The van der Waals surface area contributed by atoms with E-state index in [1.165, 1.54) is 25.3 Å². The van der Waals surface area contributed by atoms with Gasteiger partial charge in [0.1, 0.15) is 23.1 Å². The minimum absolute atomic E-state index is 0.0165. The zero-order valence-electron chi connectivity index (χ0n) is 17.7. The van der Waals surface area contributed by atoms with Gasteiger partial charge in [-0.15, -0.1) is 0 Å². The summed E-state index contributed by atoms with van der Waals surface area (Å²) >= 11 is 0. The van der Waals surface area contributed by atoms with E-state index in [2.05, 4.69) is 20.3 Å². The molecular formula is C21H23F3N4O3. The van der Waals surface area contributed by atoms with Gasteiger partial charge in [0, 0.05) is 11.6 Å². The number of nitrogens with one attached hydrogen (secondary N) is 1. The molecule has 0 unspecified atom stereocenters. The average molecular weight is 436 g/mol. The van der Waals surface area contributed by atoms with E-state index in [9.17, 15) is 19.0 Å². The SMILES string of the molecule is COc1nc2nc(C)nc(N[C@H](C)c3cccc(C(F)(F)C(C)(C)O)c3F)c2cc1O. The Labute approximate surface area is 176 Å². The number of rotatable bonds is 6. The van der Waals surface area contributed by atoms with Crippen molar-refractivity contribution >= 4 is 16.9 Å². The lowest BCUT2D eigenvalue weighted by molar-refractivity contribution is -0.170. The summed E-state index contributed by atoms with van der Waals surface area (Å²) < 4.78 is 49.2. The van der Waals surface area contributed by atoms with Crippen molar-refractivity contribution in [2.75, 3.05) is 12.4 Å². The maximum Gasteiger partial charge on any atom is 0.303 e. The minimum atomic E-state index is -3.81. The van der Waals surface area contributed by atoms with Crippen molar-refractivity contribution in [3.8, 4) is 11.6 Å². The van der Waals surface area contributed by atoms with Gasteiger partial charge in [0.05, 0.1) is 24.1 Å². The molecule has 7 nitrogen and oxygen atoms in total. The second-order valence-electron chi connectivity index (χ2n) is 7.72. The van der Waals surface area contributed by atoms with Crippen LogP contribution in [0.1, 0.15) is 43.8 Å². The van der Waals surface area contributed by atoms with Gasteiger partial charge in [-0.2, -0.15) is 13.8 Å². The number of ether oxygens (including phenoxy) is 1. The summed E-state index contributed by atoms with van der Waals surface area (Å²) in [7, 11) is 1.35. The molecule has 166 valence electrons. The third-order valence-corrected chi connectivity index (χ3v) is 4.89. The Kier molecular flexibility index (Phi) is 5.70. The molecule has 0 fully saturated rings. The quantitative estimate of drug-likeness (QED) is 0.532. The average Bonchev–Trinajstić information content (AvgIpc) is 2.67. The third-order valence-electron chi connectivity index (χ3n) is 4.89. The lowest BCUT2D eigenvalue weighted by Crippen LogP contribution is -2.41. The molecule has 0 saturated heterocycles. The van der Waals surface area contributed by atoms with Gasteiger partial charge < -0.3 is 20.3 Å². The molecule has 0 radical (unpaired) electrons. The summed E-state index contributed by atoms with van der Waals surface area (Å²) in [4.78, 5) is 12.6. The molecule has 0 aliphatic carbocycles. The largest absolute Gasteiger partial charge is 0.503 e. The fraction of sp³-hybridized carbons (Fsp3) is 0.381. The summed E-state index contributed by atoms with van der Waals surface area (Å²) in [5.74, 6) is -4.61. The molecule has 2 aromatic heterocycles. The van der Waals surface area contributed by atoms with E-state index in [1.54, 1.807) is 13.8 Å². The smallest absolute Gasteiger partial charge is 0.303 e. The second kappa shape index (κ2) is 7.84. The van der Waals surface area contributed by atoms with E-state index in [1.807, 2.05) is 0 Å². The van der Waals surface area contributed by atoms with Crippen LogP contribution in [0.15, 0.2) is 24.3 Å². The van der Waals surface area contributed by atoms with Gasteiger partial charge in [0.15, 0.2) is 11.4 Å². The Hall–Kier alpha value is -3.14. The summed E-state index contributed by atoms with van der Waals surface area (Å²) in [6.45, 7) is 5.04. The molecule has 2 heterocycles. The van der Waals surface area contributed by atoms with Crippen LogP contribution in [-0.2, 0) is 5.92 Å². The Balaban J connectivity index is 2.05. The van der Waals surface area contributed by atoms with Crippen LogP contribution in [0.4, 0.5) is 19.0 Å². The maximum atomic E-state index is 15.1. The Morgan fingerprint density at radius 1 is 1.16 bits per heavy atom. The predicted octanol–water partition coefficient (Wildman–Crippen LogP) is 4.22. The van der Waals surface area contributed by atoms with E-state index in [0.29, 0.717) is 11.2 Å². The fourth-order valence-electron chi connectivity index (χ4n) is 3.14. The lowest BCUT2D eigenvalue weighted by Gasteiger charge is -2.30. The first-order chi connectivity index (χ1) is 14.4. The number of halogens is 3. The molecule has 10 heteroatoms. The number of alkyl halides is 2. The molecule has 3 rings (SSSR count). The van der Waals surface area contributed by atoms with Crippen molar-refractivity contribution in [2.45, 2.75) is 45.3 Å². The molecule has 31 heavy (non-hydrogen) atoms. The molecule has 3 aromatic rings. The fourth-order valence-corrected chi connectivity index (χ4v) is 3.14. The van der Waals surface area contributed by atoms with Gasteiger partial charge in [0.25, 0.3) is 5.88 Å². The molecule has 0 saturated carbocycles. The number of fused-ring (bicyclic) bond motifs is 1. The molecule has 0 aliphatic rings. The number of benzene rings is 1. The molecule has 3 N–H and O–H groups in total. The number of anilines is 1. The van der Waals surface area contributed by atoms with Gasteiger partial charge in [-0.05, 0) is 33.8 Å². The van der Waals surface area contributed by atoms with Crippen molar-refractivity contribution < 1.29 is 28.1 Å². The van der Waals surface area contributed by atoms with Crippen LogP contribution in [-0.4, -0.2) is 37.9 Å². The number of nitrogens with zero attached hydrogens (tertiary/aromatic N) is 3. The van der Waals surface area contributed by atoms with Crippen LogP contribution in [0, 0.1) is 12.7 Å². The molecule has 1 atom stereocenters. The molecular weight excluding hydrogens is 413 g/mol. The highest BCUT2D eigenvalue weighted by molar-refractivity contribution is 5.88. The molecule has 0 spiro atoms. The van der Waals surface area contributed by atoms with Crippen LogP contribution >= 0.6 is 0 Å². The van der Waals surface area contributed by atoms with Crippen molar-refractivity contribution in [3.63, 3.8) is 0 Å². The highest BCUT2D eigenvalue weighted by Crippen LogP contribution is 2.41. The van der Waals surface area contributed by atoms with E-state index >= 15 is 4.39 Å². The second-order valence-corrected chi connectivity index (χ2v) is 7.72. The monoisotopic (exact) mass is 436 g/mol. The van der Waals surface area contributed by atoms with Crippen LogP contribution in [0.5, 0.6) is 11.6 Å². The van der Waals surface area contributed by atoms with Gasteiger partial charge in [-0.1, -0.05) is 12.1 Å². The molecule has 0 amide bonds. The molecule has 1 aromatic carbocycles. The van der Waals surface area contributed by atoms with Crippen molar-refractivity contribution in [3.05, 3.63) is 47.0 Å². The number of hydrogen-bond acceptors (Lipinski definition) is 7. The van der Waals surface area contributed by atoms with Gasteiger partial charge in [0.2, 0.25) is 0 Å². The van der Waals surface area contributed by atoms with Crippen molar-refractivity contribution in [1.82, 2.24) is 15.0 Å². The summed E-state index contributed by atoms with van der Waals surface area (Å²) in [5, 5.41) is 23.2. The zero-order chi connectivity index (χ0) is 23.1. The first kappa shape index (κ1) is 22.5. The highest BCUT2D eigenvalue weighted by atomic mass is 19.3. The van der Waals surface area contributed by atoms with E-state index in [0.717, 1.165) is 19.9 Å². The van der Waals surface area contributed by atoms with Crippen LogP contribution < -0.4 is 10.1 Å². The first-order valence-electron chi connectivity index (χ1n) is 9.44. The van der Waals surface area contributed by atoms with Gasteiger partial charge >= 0.3 is 5.92 Å².